The molecule has 1 unspecified atom stereocenters. The summed E-state index contributed by atoms with van der Waals surface area (Å²) in [5, 5.41) is 14.1. The van der Waals surface area contributed by atoms with E-state index in [-0.39, 0.29) is 11.6 Å². The molecular weight excluding hydrogens is 271 g/mol. The van der Waals surface area contributed by atoms with E-state index >= 15 is 0 Å². The molecule has 1 atom stereocenters. The number of hydrogen-bond donors (Lipinski definition) is 2. The average molecular weight is 285 g/mol. The molecule has 0 aromatic heterocycles. The number of nitrogens with zero attached hydrogens (tertiary/aromatic N) is 1. The summed E-state index contributed by atoms with van der Waals surface area (Å²) in [4.78, 5) is 11.5. The first-order valence-electron chi connectivity index (χ1n) is 5.95. The predicted molar refractivity (Wildman–Crippen MR) is 67.9 cm³/mol. The number of halogens is 3. The lowest BCUT2D eigenvalue weighted by molar-refractivity contribution is -0.137. The number of hydrogen-bond acceptors (Lipinski definition) is 3. The van der Waals surface area contributed by atoms with Crippen molar-refractivity contribution in [2.24, 2.45) is 0 Å². The summed E-state index contributed by atoms with van der Waals surface area (Å²) < 4.78 is 37.9. The van der Waals surface area contributed by atoms with Crippen molar-refractivity contribution in [1.82, 2.24) is 5.32 Å². The molecule has 0 aliphatic heterocycles. The molecule has 4 nitrogen and oxygen atoms in total. The van der Waals surface area contributed by atoms with Crippen molar-refractivity contribution in [3.8, 4) is 6.07 Å². The second kappa shape index (κ2) is 6.28. The lowest BCUT2D eigenvalue weighted by atomic mass is 10.1. The van der Waals surface area contributed by atoms with Crippen LogP contribution in [0.2, 0.25) is 0 Å². The quantitative estimate of drug-likeness (QED) is 0.893. The first-order valence-corrected chi connectivity index (χ1v) is 5.95. The van der Waals surface area contributed by atoms with E-state index in [1.165, 1.54) is 12.1 Å². The first kappa shape index (κ1) is 15.8. The Hall–Kier alpha value is -2.23. The average Bonchev–Trinajstić information content (AvgIpc) is 2.37. The molecule has 0 radical (unpaired) electrons. The van der Waals surface area contributed by atoms with Crippen LogP contribution in [0.15, 0.2) is 18.2 Å². The van der Waals surface area contributed by atoms with Crippen LogP contribution in [0.4, 0.5) is 18.9 Å². The molecule has 0 heterocycles. The van der Waals surface area contributed by atoms with Gasteiger partial charge in [-0.1, -0.05) is 0 Å². The minimum Gasteiger partial charge on any atom is -0.374 e. The molecule has 0 saturated heterocycles. The zero-order valence-corrected chi connectivity index (χ0v) is 11.0. The number of alkyl halides is 3. The van der Waals surface area contributed by atoms with E-state index in [1.807, 2.05) is 0 Å². The standard InChI is InChI=1S/C13H14F3N3O/c1-3-18-12(20)8(2)19-10-4-5-11(13(14,15)16)9(6-10)7-17/h4-6,8,19H,3H2,1-2H3,(H,18,20). The molecule has 1 aromatic carbocycles. The highest BCUT2D eigenvalue weighted by Crippen LogP contribution is 2.33. The van der Waals surface area contributed by atoms with Gasteiger partial charge in [0, 0.05) is 12.2 Å². The van der Waals surface area contributed by atoms with E-state index in [1.54, 1.807) is 13.8 Å². The van der Waals surface area contributed by atoms with Crippen molar-refractivity contribution in [3.05, 3.63) is 29.3 Å². The van der Waals surface area contributed by atoms with Crippen LogP contribution in [0, 0.1) is 11.3 Å². The Morgan fingerprint density at radius 1 is 1.45 bits per heavy atom. The lowest BCUT2D eigenvalue weighted by Crippen LogP contribution is -2.37. The second-order valence-electron chi connectivity index (χ2n) is 4.13. The summed E-state index contributed by atoms with van der Waals surface area (Å²) >= 11 is 0. The molecule has 0 aliphatic rings. The van der Waals surface area contributed by atoms with Crippen LogP contribution in [0.5, 0.6) is 0 Å². The highest BCUT2D eigenvalue weighted by atomic mass is 19.4. The molecule has 1 amide bonds. The first-order chi connectivity index (χ1) is 9.29. The summed E-state index contributed by atoms with van der Waals surface area (Å²) in [6.07, 6.45) is -4.57. The van der Waals surface area contributed by atoms with E-state index in [2.05, 4.69) is 10.6 Å². The molecule has 0 fully saturated rings. The van der Waals surface area contributed by atoms with Gasteiger partial charge in [-0.2, -0.15) is 18.4 Å². The summed E-state index contributed by atoms with van der Waals surface area (Å²) in [6.45, 7) is 3.80. The highest BCUT2D eigenvalue weighted by molar-refractivity contribution is 5.84. The van der Waals surface area contributed by atoms with E-state index in [4.69, 9.17) is 5.26 Å². The van der Waals surface area contributed by atoms with Gasteiger partial charge in [0.1, 0.15) is 6.04 Å². The van der Waals surface area contributed by atoms with E-state index < -0.39 is 23.3 Å². The second-order valence-corrected chi connectivity index (χ2v) is 4.13. The summed E-state index contributed by atoms with van der Waals surface area (Å²) in [5.74, 6) is -0.272. The van der Waals surface area contributed by atoms with Crippen LogP contribution in [-0.4, -0.2) is 18.5 Å². The number of likely N-dealkylation sites (N-methyl/N-ethyl adjacent to an activating group) is 1. The molecule has 0 bridgehead atoms. The number of nitrogens with one attached hydrogen (secondary N) is 2. The fourth-order valence-corrected chi connectivity index (χ4v) is 1.62. The molecule has 108 valence electrons. The van der Waals surface area contributed by atoms with Gasteiger partial charge in [0.2, 0.25) is 5.91 Å². The Labute approximate surface area is 114 Å². The van der Waals surface area contributed by atoms with Gasteiger partial charge in [-0.05, 0) is 32.0 Å². The summed E-state index contributed by atoms with van der Waals surface area (Å²) in [7, 11) is 0. The zero-order valence-electron chi connectivity index (χ0n) is 11.0. The third-order valence-corrected chi connectivity index (χ3v) is 2.57. The molecule has 1 aromatic rings. The number of anilines is 1. The molecule has 0 saturated carbocycles. The smallest absolute Gasteiger partial charge is 0.374 e. The SMILES string of the molecule is CCNC(=O)C(C)Nc1ccc(C(F)(F)F)c(C#N)c1. The van der Waals surface area contributed by atoms with Gasteiger partial charge in [0.05, 0.1) is 17.2 Å². The summed E-state index contributed by atoms with van der Waals surface area (Å²) in [5.41, 5.74) is -1.19. The van der Waals surface area contributed by atoms with Crippen LogP contribution in [0.1, 0.15) is 25.0 Å². The lowest BCUT2D eigenvalue weighted by Gasteiger charge is -2.16. The molecule has 1 rings (SSSR count). The number of nitriles is 1. The highest BCUT2D eigenvalue weighted by Gasteiger charge is 2.33. The third kappa shape index (κ3) is 3.88. The Morgan fingerprint density at radius 2 is 2.10 bits per heavy atom. The maximum Gasteiger partial charge on any atom is 0.417 e. The van der Waals surface area contributed by atoms with Gasteiger partial charge < -0.3 is 10.6 Å². The molecule has 20 heavy (non-hydrogen) atoms. The van der Waals surface area contributed by atoms with Gasteiger partial charge >= 0.3 is 6.18 Å². The Balaban J connectivity index is 2.95. The predicted octanol–water partition coefficient (Wildman–Crippen LogP) is 2.51. The molecular formula is C13H14F3N3O. The van der Waals surface area contributed by atoms with Crippen LogP contribution < -0.4 is 10.6 Å². The van der Waals surface area contributed by atoms with Crippen molar-refractivity contribution in [1.29, 1.82) is 5.26 Å². The fraction of sp³-hybridized carbons (Fsp3) is 0.385. The number of amides is 1. The van der Waals surface area contributed by atoms with Gasteiger partial charge in [-0.25, -0.2) is 0 Å². The Morgan fingerprint density at radius 3 is 2.60 bits per heavy atom. The molecule has 2 N–H and O–H groups in total. The van der Waals surface area contributed by atoms with Gasteiger partial charge in [-0.15, -0.1) is 0 Å². The number of rotatable bonds is 4. The van der Waals surface area contributed by atoms with Crippen LogP contribution in [0.25, 0.3) is 0 Å². The Kier molecular flexibility index (Phi) is 4.97. The van der Waals surface area contributed by atoms with Crippen molar-refractivity contribution in [3.63, 3.8) is 0 Å². The normalized spacial score (nSPS) is 12.4. The molecule has 0 spiro atoms. The van der Waals surface area contributed by atoms with Crippen LogP contribution >= 0.6 is 0 Å². The fourth-order valence-electron chi connectivity index (χ4n) is 1.62. The van der Waals surface area contributed by atoms with Crippen molar-refractivity contribution >= 4 is 11.6 Å². The molecule has 7 heteroatoms. The Bertz CT molecular complexity index is 535. The zero-order chi connectivity index (χ0) is 15.3. The minimum atomic E-state index is -4.57. The van der Waals surface area contributed by atoms with Crippen molar-refractivity contribution in [2.75, 3.05) is 11.9 Å². The largest absolute Gasteiger partial charge is 0.417 e. The number of carbonyl (C=O) groups is 1. The number of benzene rings is 1. The maximum absolute atomic E-state index is 12.6. The van der Waals surface area contributed by atoms with Crippen LogP contribution in [-0.2, 0) is 11.0 Å². The maximum atomic E-state index is 12.6. The monoisotopic (exact) mass is 285 g/mol. The minimum absolute atomic E-state index is 0.272. The van der Waals surface area contributed by atoms with E-state index in [0.29, 0.717) is 6.54 Å². The molecule has 0 aliphatic carbocycles. The topological polar surface area (TPSA) is 64.9 Å². The van der Waals surface area contributed by atoms with Gasteiger partial charge in [-0.3, -0.25) is 4.79 Å². The van der Waals surface area contributed by atoms with Crippen molar-refractivity contribution < 1.29 is 18.0 Å². The summed E-state index contributed by atoms with van der Waals surface area (Å²) in [6, 6.07) is 4.00. The number of carbonyl (C=O) groups excluding carboxylic acids is 1. The van der Waals surface area contributed by atoms with Crippen LogP contribution in [0.3, 0.4) is 0 Å². The third-order valence-electron chi connectivity index (χ3n) is 2.57. The van der Waals surface area contributed by atoms with E-state index in [0.717, 1.165) is 12.1 Å². The van der Waals surface area contributed by atoms with Gasteiger partial charge in [0.15, 0.2) is 0 Å². The van der Waals surface area contributed by atoms with Crippen molar-refractivity contribution in [2.45, 2.75) is 26.1 Å². The van der Waals surface area contributed by atoms with E-state index in [9.17, 15) is 18.0 Å². The van der Waals surface area contributed by atoms with Gasteiger partial charge in [0.25, 0.3) is 0 Å².